The standard InChI is InChI=1S/C11H12F3NO2S/c12-8-1-3-9(4-2-8)18-5-10(17)15-6-11(13,14)7-16/h1-4,16H,5-7H2,(H,15,17). The van der Waals surface area contributed by atoms with E-state index in [1.807, 2.05) is 5.32 Å². The highest BCUT2D eigenvalue weighted by atomic mass is 32.2. The molecule has 0 saturated carbocycles. The lowest BCUT2D eigenvalue weighted by Crippen LogP contribution is -2.39. The van der Waals surface area contributed by atoms with Crippen LogP contribution in [0.1, 0.15) is 0 Å². The zero-order valence-electron chi connectivity index (χ0n) is 9.33. The third-order valence-corrected chi connectivity index (χ3v) is 2.97. The molecule has 0 aliphatic carbocycles. The molecule has 0 aromatic heterocycles. The zero-order valence-corrected chi connectivity index (χ0v) is 10.1. The molecule has 0 bridgehead atoms. The molecule has 0 aliphatic rings. The van der Waals surface area contributed by atoms with Crippen molar-refractivity contribution >= 4 is 17.7 Å². The molecule has 7 heteroatoms. The molecule has 0 saturated heterocycles. The maximum Gasteiger partial charge on any atom is 0.287 e. The molecular weight excluding hydrogens is 267 g/mol. The number of halogens is 3. The number of carbonyl (C=O) groups is 1. The van der Waals surface area contributed by atoms with Crippen LogP contribution in [-0.2, 0) is 4.79 Å². The van der Waals surface area contributed by atoms with Gasteiger partial charge in [-0.25, -0.2) is 13.2 Å². The van der Waals surface area contributed by atoms with Gasteiger partial charge in [-0.15, -0.1) is 11.8 Å². The van der Waals surface area contributed by atoms with Gasteiger partial charge in [0.25, 0.3) is 5.92 Å². The Hall–Kier alpha value is -1.21. The second-order valence-corrected chi connectivity index (χ2v) is 4.58. The van der Waals surface area contributed by atoms with Crippen molar-refractivity contribution in [3.63, 3.8) is 0 Å². The van der Waals surface area contributed by atoms with Crippen molar-refractivity contribution in [3.05, 3.63) is 30.1 Å². The van der Waals surface area contributed by atoms with Crippen LogP contribution in [0.3, 0.4) is 0 Å². The Kier molecular flexibility index (Phi) is 5.49. The molecule has 100 valence electrons. The summed E-state index contributed by atoms with van der Waals surface area (Å²) in [7, 11) is 0. The summed E-state index contributed by atoms with van der Waals surface area (Å²) in [6.07, 6.45) is 0. The van der Waals surface area contributed by atoms with Crippen molar-refractivity contribution in [1.29, 1.82) is 0 Å². The quantitative estimate of drug-likeness (QED) is 0.779. The summed E-state index contributed by atoms with van der Waals surface area (Å²) in [5.41, 5.74) is 0. The Morgan fingerprint density at radius 3 is 2.50 bits per heavy atom. The predicted octanol–water partition coefficient (Wildman–Crippen LogP) is 1.66. The fraction of sp³-hybridized carbons (Fsp3) is 0.364. The topological polar surface area (TPSA) is 49.3 Å². The number of aliphatic hydroxyl groups is 1. The first-order chi connectivity index (χ1) is 8.43. The van der Waals surface area contributed by atoms with Crippen LogP contribution in [0, 0.1) is 5.82 Å². The minimum absolute atomic E-state index is 0.0485. The molecule has 3 nitrogen and oxygen atoms in total. The third-order valence-electron chi connectivity index (χ3n) is 1.96. The van der Waals surface area contributed by atoms with E-state index in [1.54, 1.807) is 0 Å². The summed E-state index contributed by atoms with van der Waals surface area (Å²) >= 11 is 1.11. The number of alkyl halides is 2. The predicted molar refractivity (Wildman–Crippen MR) is 62.2 cm³/mol. The summed E-state index contributed by atoms with van der Waals surface area (Å²) in [4.78, 5) is 11.9. The Morgan fingerprint density at radius 2 is 1.94 bits per heavy atom. The second-order valence-electron chi connectivity index (χ2n) is 3.53. The first-order valence-corrected chi connectivity index (χ1v) is 6.05. The molecule has 1 rings (SSSR count). The van der Waals surface area contributed by atoms with E-state index in [0.717, 1.165) is 11.8 Å². The van der Waals surface area contributed by atoms with Crippen molar-refractivity contribution < 1.29 is 23.1 Å². The van der Waals surface area contributed by atoms with E-state index >= 15 is 0 Å². The van der Waals surface area contributed by atoms with E-state index in [1.165, 1.54) is 24.3 Å². The highest BCUT2D eigenvalue weighted by Gasteiger charge is 2.27. The number of thioether (sulfide) groups is 1. The Balaban J connectivity index is 2.31. The molecule has 0 unspecified atom stereocenters. The first kappa shape index (κ1) is 14.8. The van der Waals surface area contributed by atoms with Gasteiger partial charge >= 0.3 is 0 Å². The van der Waals surface area contributed by atoms with Crippen LogP contribution in [0.15, 0.2) is 29.2 Å². The van der Waals surface area contributed by atoms with E-state index in [2.05, 4.69) is 0 Å². The SMILES string of the molecule is O=C(CSc1ccc(F)cc1)NCC(F)(F)CO. The van der Waals surface area contributed by atoms with Gasteiger partial charge in [0.05, 0.1) is 12.3 Å². The van der Waals surface area contributed by atoms with Gasteiger partial charge in [-0.3, -0.25) is 4.79 Å². The number of hydrogen-bond donors (Lipinski definition) is 2. The number of amides is 1. The molecule has 2 N–H and O–H groups in total. The average molecular weight is 279 g/mol. The van der Waals surface area contributed by atoms with E-state index in [4.69, 9.17) is 5.11 Å². The van der Waals surface area contributed by atoms with E-state index in [-0.39, 0.29) is 11.6 Å². The molecule has 0 radical (unpaired) electrons. The molecule has 0 heterocycles. The Bertz CT molecular complexity index is 398. The van der Waals surface area contributed by atoms with E-state index < -0.39 is 25.0 Å². The summed E-state index contributed by atoms with van der Waals surface area (Å²) < 4.78 is 37.8. The van der Waals surface area contributed by atoms with Gasteiger partial charge in [0.15, 0.2) is 0 Å². The van der Waals surface area contributed by atoms with Crippen LogP contribution < -0.4 is 5.32 Å². The number of nitrogens with one attached hydrogen (secondary N) is 1. The number of rotatable bonds is 6. The van der Waals surface area contributed by atoms with Gasteiger partial charge in [0, 0.05) is 4.90 Å². The normalized spacial score (nSPS) is 11.3. The van der Waals surface area contributed by atoms with Gasteiger partial charge in [-0.05, 0) is 24.3 Å². The van der Waals surface area contributed by atoms with Crippen molar-refractivity contribution in [1.82, 2.24) is 5.32 Å². The molecule has 1 aromatic rings. The highest BCUT2D eigenvalue weighted by molar-refractivity contribution is 8.00. The lowest BCUT2D eigenvalue weighted by atomic mass is 10.3. The van der Waals surface area contributed by atoms with Crippen LogP contribution in [0.25, 0.3) is 0 Å². The third kappa shape index (κ3) is 5.42. The van der Waals surface area contributed by atoms with Crippen LogP contribution >= 0.6 is 11.8 Å². The van der Waals surface area contributed by atoms with Crippen LogP contribution in [0.5, 0.6) is 0 Å². The van der Waals surface area contributed by atoms with Gasteiger partial charge in [0.1, 0.15) is 12.4 Å². The van der Waals surface area contributed by atoms with Gasteiger partial charge in [-0.2, -0.15) is 0 Å². The molecule has 0 atom stereocenters. The summed E-state index contributed by atoms with van der Waals surface area (Å²) in [5.74, 6) is -4.31. The molecular formula is C11H12F3NO2S. The minimum Gasteiger partial charge on any atom is -0.390 e. The van der Waals surface area contributed by atoms with Gasteiger partial charge in [-0.1, -0.05) is 0 Å². The summed E-state index contributed by atoms with van der Waals surface area (Å²) in [5, 5.41) is 10.3. The van der Waals surface area contributed by atoms with Crippen molar-refractivity contribution in [3.8, 4) is 0 Å². The fourth-order valence-electron chi connectivity index (χ4n) is 1.01. The molecule has 0 fully saturated rings. The Morgan fingerprint density at radius 1 is 1.33 bits per heavy atom. The van der Waals surface area contributed by atoms with Gasteiger partial charge in [0.2, 0.25) is 5.91 Å². The number of benzene rings is 1. The van der Waals surface area contributed by atoms with Crippen LogP contribution in [0.4, 0.5) is 13.2 Å². The van der Waals surface area contributed by atoms with Gasteiger partial charge < -0.3 is 10.4 Å². The summed E-state index contributed by atoms with van der Waals surface area (Å²) in [6.45, 7) is -2.20. The first-order valence-electron chi connectivity index (χ1n) is 5.07. The van der Waals surface area contributed by atoms with E-state index in [9.17, 15) is 18.0 Å². The number of hydrogen-bond acceptors (Lipinski definition) is 3. The fourth-order valence-corrected chi connectivity index (χ4v) is 1.74. The number of aliphatic hydroxyl groups excluding tert-OH is 1. The largest absolute Gasteiger partial charge is 0.390 e. The van der Waals surface area contributed by atoms with Crippen molar-refractivity contribution in [2.24, 2.45) is 0 Å². The monoisotopic (exact) mass is 279 g/mol. The number of carbonyl (C=O) groups excluding carboxylic acids is 1. The summed E-state index contributed by atoms with van der Waals surface area (Å²) in [6, 6.07) is 5.49. The lowest BCUT2D eigenvalue weighted by Gasteiger charge is -2.13. The molecule has 0 spiro atoms. The Labute approximate surface area is 106 Å². The van der Waals surface area contributed by atoms with E-state index in [0.29, 0.717) is 4.90 Å². The van der Waals surface area contributed by atoms with Crippen molar-refractivity contribution in [2.75, 3.05) is 18.9 Å². The van der Waals surface area contributed by atoms with Crippen molar-refractivity contribution in [2.45, 2.75) is 10.8 Å². The maximum absolute atomic E-state index is 12.6. The molecule has 1 amide bonds. The minimum atomic E-state index is -3.31. The highest BCUT2D eigenvalue weighted by Crippen LogP contribution is 2.17. The smallest absolute Gasteiger partial charge is 0.287 e. The maximum atomic E-state index is 12.6. The molecule has 0 aliphatic heterocycles. The zero-order chi connectivity index (χ0) is 13.6. The average Bonchev–Trinajstić information content (AvgIpc) is 2.36. The second kappa shape index (κ2) is 6.65. The molecule has 1 aromatic carbocycles. The molecule has 18 heavy (non-hydrogen) atoms. The lowest BCUT2D eigenvalue weighted by molar-refractivity contribution is -0.121. The van der Waals surface area contributed by atoms with Crippen LogP contribution in [0.2, 0.25) is 0 Å². The van der Waals surface area contributed by atoms with Crippen LogP contribution in [-0.4, -0.2) is 35.8 Å².